The van der Waals surface area contributed by atoms with Crippen LogP contribution in [0.1, 0.15) is 6.42 Å². The highest BCUT2D eigenvalue weighted by Crippen LogP contribution is 2.34. The van der Waals surface area contributed by atoms with Gasteiger partial charge in [-0.25, -0.2) is 0 Å². The van der Waals surface area contributed by atoms with E-state index in [1.807, 2.05) is 18.2 Å². The van der Waals surface area contributed by atoms with Crippen LogP contribution in [-0.4, -0.2) is 52.3 Å². The standard InChI is InChI=1S/C14H23BrN2O2/c1-17(2)10-5-8-16-9-11-19-14-12(15)6-4-7-13(14)18-3/h4,6-7,16H,5,8-11H2,1-3H3. The first-order chi connectivity index (χ1) is 9.15. The lowest BCUT2D eigenvalue weighted by atomic mass is 10.3. The van der Waals surface area contributed by atoms with Gasteiger partial charge >= 0.3 is 0 Å². The molecular weight excluding hydrogens is 308 g/mol. The number of halogens is 1. The Morgan fingerprint density at radius 1 is 1.26 bits per heavy atom. The molecule has 1 aromatic rings. The van der Waals surface area contributed by atoms with E-state index in [2.05, 4.69) is 40.2 Å². The first kappa shape index (κ1) is 16.3. The summed E-state index contributed by atoms with van der Waals surface area (Å²) in [7, 11) is 5.82. The van der Waals surface area contributed by atoms with Crippen LogP contribution >= 0.6 is 15.9 Å². The summed E-state index contributed by atoms with van der Waals surface area (Å²) in [6.07, 6.45) is 1.14. The topological polar surface area (TPSA) is 33.7 Å². The van der Waals surface area contributed by atoms with E-state index in [1.54, 1.807) is 7.11 Å². The van der Waals surface area contributed by atoms with Gasteiger partial charge in [0.05, 0.1) is 11.6 Å². The second kappa shape index (κ2) is 9.18. The normalized spacial score (nSPS) is 10.8. The predicted octanol–water partition coefficient (Wildman–Crippen LogP) is 2.38. The number of nitrogens with zero attached hydrogens (tertiary/aromatic N) is 1. The minimum Gasteiger partial charge on any atom is -0.493 e. The predicted molar refractivity (Wildman–Crippen MR) is 82.2 cm³/mol. The monoisotopic (exact) mass is 330 g/mol. The molecule has 1 N–H and O–H groups in total. The molecule has 0 amide bonds. The molecule has 0 spiro atoms. The van der Waals surface area contributed by atoms with Gasteiger partial charge in [-0.15, -0.1) is 0 Å². The summed E-state index contributed by atoms with van der Waals surface area (Å²) in [5, 5.41) is 3.36. The van der Waals surface area contributed by atoms with E-state index in [0.29, 0.717) is 6.61 Å². The molecular formula is C14H23BrN2O2. The van der Waals surface area contributed by atoms with Crippen molar-refractivity contribution in [2.24, 2.45) is 0 Å². The van der Waals surface area contributed by atoms with Crippen LogP contribution in [0.5, 0.6) is 11.5 Å². The highest BCUT2D eigenvalue weighted by atomic mass is 79.9. The quantitative estimate of drug-likeness (QED) is 0.705. The Bertz CT molecular complexity index is 372. The lowest BCUT2D eigenvalue weighted by molar-refractivity contribution is 0.289. The van der Waals surface area contributed by atoms with Gasteiger partial charge in [0.1, 0.15) is 6.61 Å². The van der Waals surface area contributed by atoms with Crippen LogP contribution < -0.4 is 14.8 Å². The lowest BCUT2D eigenvalue weighted by Gasteiger charge is -2.13. The highest BCUT2D eigenvalue weighted by molar-refractivity contribution is 9.10. The van der Waals surface area contributed by atoms with Gasteiger partial charge in [0, 0.05) is 6.54 Å². The first-order valence-electron chi connectivity index (χ1n) is 6.46. The third kappa shape index (κ3) is 6.27. The van der Waals surface area contributed by atoms with Gasteiger partial charge in [-0.2, -0.15) is 0 Å². The van der Waals surface area contributed by atoms with Crippen molar-refractivity contribution >= 4 is 15.9 Å². The summed E-state index contributed by atoms with van der Waals surface area (Å²) < 4.78 is 11.9. The average molecular weight is 331 g/mol. The fourth-order valence-corrected chi connectivity index (χ4v) is 2.12. The molecule has 0 aliphatic heterocycles. The largest absolute Gasteiger partial charge is 0.493 e. The summed E-state index contributed by atoms with van der Waals surface area (Å²) in [4.78, 5) is 2.18. The number of hydrogen-bond donors (Lipinski definition) is 1. The minimum atomic E-state index is 0.626. The van der Waals surface area contributed by atoms with Crippen molar-refractivity contribution in [1.82, 2.24) is 10.2 Å². The number of rotatable bonds is 9. The van der Waals surface area contributed by atoms with E-state index in [1.165, 1.54) is 0 Å². The third-order valence-electron chi connectivity index (χ3n) is 2.63. The second-order valence-electron chi connectivity index (χ2n) is 4.53. The molecule has 0 radical (unpaired) electrons. The number of methoxy groups -OCH3 is 1. The van der Waals surface area contributed by atoms with Crippen LogP contribution in [-0.2, 0) is 0 Å². The Labute approximate surface area is 124 Å². The fraction of sp³-hybridized carbons (Fsp3) is 0.571. The first-order valence-corrected chi connectivity index (χ1v) is 7.25. The van der Waals surface area contributed by atoms with E-state index < -0.39 is 0 Å². The van der Waals surface area contributed by atoms with Crippen LogP contribution in [0.3, 0.4) is 0 Å². The number of para-hydroxylation sites is 1. The zero-order valence-electron chi connectivity index (χ0n) is 11.9. The minimum absolute atomic E-state index is 0.626. The zero-order valence-corrected chi connectivity index (χ0v) is 13.5. The van der Waals surface area contributed by atoms with Crippen molar-refractivity contribution in [2.75, 3.05) is 47.4 Å². The van der Waals surface area contributed by atoms with E-state index in [4.69, 9.17) is 9.47 Å². The Morgan fingerprint density at radius 2 is 2.05 bits per heavy atom. The fourth-order valence-electron chi connectivity index (χ4n) is 1.66. The molecule has 0 atom stereocenters. The van der Waals surface area contributed by atoms with Crippen molar-refractivity contribution in [3.63, 3.8) is 0 Å². The molecule has 0 unspecified atom stereocenters. The molecule has 5 heteroatoms. The molecule has 1 rings (SSSR count). The van der Waals surface area contributed by atoms with Gasteiger partial charge < -0.3 is 19.7 Å². The maximum absolute atomic E-state index is 5.74. The molecule has 4 nitrogen and oxygen atoms in total. The smallest absolute Gasteiger partial charge is 0.175 e. The molecule has 19 heavy (non-hydrogen) atoms. The van der Waals surface area contributed by atoms with Crippen LogP contribution in [0.4, 0.5) is 0 Å². The van der Waals surface area contributed by atoms with Gasteiger partial charge in [-0.1, -0.05) is 6.07 Å². The van der Waals surface area contributed by atoms with Crippen LogP contribution in [0.15, 0.2) is 22.7 Å². The van der Waals surface area contributed by atoms with Crippen molar-refractivity contribution in [1.29, 1.82) is 0 Å². The molecule has 0 aliphatic rings. The van der Waals surface area contributed by atoms with Crippen molar-refractivity contribution < 1.29 is 9.47 Å². The van der Waals surface area contributed by atoms with E-state index in [-0.39, 0.29) is 0 Å². The molecule has 1 aromatic carbocycles. The number of ether oxygens (including phenoxy) is 2. The number of nitrogens with one attached hydrogen (secondary N) is 1. The Hall–Kier alpha value is -0.780. The van der Waals surface area contributed by atoms with Gasteiger partial charge in [0.25, 0.3) is 0 Å². The Balaban J connectivity index is 2.22. The Morgan fingerprint density at radius 3 is 2.74 bits per heavy atom. The molecule has 0 bridgehead atoms. The number of hydrogen-bond acceptors (Lipinski definition) is 4. The molecule has 0 fully saturated rings. The van der Waals surface area contributed by atoms with Crippen LogP contribution in [0, 0.1) is 0 Å². The van der Waals surface area contributed by atoms with Gasteiger partial charge in [0.2, 0.25) is 0 Å². The molecule has 0 aliphatic carbocycles. The summed E-state index contributed by atoms with van der Waals surface area (Å²) in [5.74, 6) is 1.52. The maximum Gasteiger partial charge on any atom is 0.175 e. The summed E-state index contributed by atoms with van der Waals surface area (Å²) >= 11 is 3.47. The van der Waals surface area contributed by atoms with Crippen LogP contribution in [0.25, 0.3) is 0 Å². The van der Waals surface area contributed by atoms with E-state index in [0.717, 1.165) is 42.0 Å². The molecule has 0 saturated heterocycles. The van der Waals surface area contributed by atoms with E-state index >= 15 is 0 Å². The lowest BCUT2D eigenvalue weighted by Crippen LogP contribution is -2.25. The molecule has 108 valence electrons. The average Bonchev–Trinajstić information content (AvgIpc) is 2.38. The third-order valence-corrected chi connectivity index (χ3v) is 3.26. The Kier molecular flexibility index (Phi) is 7.86. The summed E-state index contributed by atoms with van der Waals surface area (Å²) in [5.41, 5.74) is 0. The summed E-state index contributed by atoms with van der Waals surface area (Å²) in [6.45, 7) is 3.57. The van der Waals surface area contributed by atoms with Crippen molar-refractivity contribution in [3.8, 4) is 11.5 Å². The van der Waals surface area contributed by atoms with Gasteiger partial charge in [0.15, 0.2) is 11.5 Å². The number of benzene rings is 1. The van der Waals surface area contributed by atoms with E-state index in [9.17, 15) is 0 Å². The molecule has 0 heterocycles. The molecule has 0 saturated carbocycles. The van der Waals surface area contributed by atoms with Crippen molar-refractivity contribution in [2.45, 2.75) is 6.42 Å². The zero-order chi connectivity index (χ0) is 14.1. The van der Waals surface area contributed by atoms with Gasteiger partial charge in [-0.05, 0) is 61.7 Å². The van der Waals surface area contributed by atoms with Crippen molar-refractivity contribution in [3.05, 3.63) is 22.7 Å². The highest BCUT2D eigenvalue weighted by Gasteiger charge is 2.07. The summed E-state index contributed by atoms with van der Waals surface area (Å²) in [6, 6.07) is 5.77. The maximum atomic E-state index is 5.74. The molecule has 0 aromatic heterocycles. The van der Waals surface area contributed by atoms with Crippen LogP contribution in [0.2, 0.25) is 0 Å². The second-order valence-corrected chi connectivity index (χ2v) is 5.38. The SMILES string of the molecule is COc1cccc(Br)c1OCCNCCCN(C)C. The van der Waals surface area contributed by atoms with Gasteiger partial charge in [-0.3, -0.25) is 0 Å².